The zero-order valence-corrected chi connectivity index (χ0v) is 14.8. The van der Waals surface area contributed by atoms with Crippen LogP contribution in [-0.2, 0) is 9.53 Å². The van der Waals surface area contributed by atoms with Crippen molar-refractivity contribution in [3.63, 3.8) is 0 Å². The Labute approximate surface area is 154 Å². The molecule has 0 radical (unpaired) electrons. The highest BCUT2D eigenvalue weighted by Crippen LogP contribution is 2.31. The molecule has 0 saturated heterocycles. The van der Waals surface area contributed by atoms with Gasteiger partial charge in [0.05, 0.1) is 11.5 Å². The number of rotatable bonds is 6. The van der Waals surface area contributed by atoms with Gasteiger partial charge in [-0.2, -0.15) is 5.26 Å². The first kappa shape index (κ1) is 19.2. The lowest BCUT2D eigenvalue weighted by atomic mass is 10.1. The smallest absolute Gasteiger partial charge is 0.349 e. The number of furan rings is 1. The third-order valence-corrected chi connectivity index (χ3v) is 3.55. The number of nitriles is 1. The van der Waals surface area contributed by atoms with E-state index in [1.54, 1.807) is 24.3 Å². The van der Waals surface area contributed by atoms with Crippen molar-refractivity contribution >= 4 is 29.3 Å². The van der Waals surface area contributed by atoms with Gasteiger partial charge in [-0.3, -0.25) is 10.1 Å². The maximum absolute atomic E-state index is 11.9. The van der Waals surface area contributed by atoms with Gasteiger partial charge in [0.15, 0.2) is 0 Å². The fourth-order valence-electron chi connectivity index (χ4n) is 1.99. The Bertz CT molecular complexity index is 909. The molecule has 1 heterocycles. The molecule has 7 nitrogen and oxygen atoms in total. The number of nitrogens with zero attached hydrogens (tertiary/aromatic N) is 2. The molecule has 2 aromatic rings. The Morgan fingerprint density at radius 1 is 1.42 bits per heavy atom. The van der Waals surface area contributed by atoms with Crippen LogP contribution >= 0.6 is 11.6 Å². The van der Waals surface area contributed by atoms with Crippen LogP contribution in [0.1, 0.15) is 19.6 Å². The van der Waals surface area contributed by atoms with Crippen molar-refractivity contribution in [2.45, 2.75) is 13.8 Å². The molecule has 0 saturated carbocycles. The lowest BCUT2D eigenvalue weighted by Gasteiger charge is -2.05. The molecule has 2 rings (SSSR count). The quantitative estimate of drug-likeness (QED) is 0.240. The SMILES string of the molecule is CC(C)COC(=O)/C(C#N)=C/c1ccc(-c2ccc(Cl)c([N+](=O)[O-])c2)o1. The van der Waals surface area contributed by atoms with E-state index in [9.17, 15) is 14.9 Å². The lowest BCUT2D eigenvalue weighted by Crippen LogP contribution is -2.11. The highest BCUT2D eigenvalue weighted by Gasteiger charge is 2.16. The summed E-state index contributed by atoms with van der Waals surface area (Å²) in [5.74, 6) is -0.00408. The molecule has 1 aromatic carbocycles. The summed E-state index contributed by atoms with van der Waals surface area (Å²) in [6.45, 7) is 3.97. The van der Waals surface area contributed by atoms with Gasteiger partial charge < -0.3 is 9.15 Å². The van der Waals surface area contributed by atoms with E-state index in [0.717, 1.165) is 0 Å². The maximum Gasteiger partial charge on any atom is 0.349 e. The van der Waals surface area contributed by atoms with Crippen LogP contribution in [0.2, 0.25) is 5.02 Å². The fraction of sp³-hybridized carbons (Fsp3) is 0.222. The van der Waals surface area contributed by atoms with Crippen molar-refractivity contribution in [3.8, 4) is 17.4 Å². The molecule has 134 valence electrons. The van der Waals surface area contributed by atoms with Gasteiger partial charge in [0, 0.05) is 17.7 Å². The average molecular weight is 375 g/mol. The van der Waals surface area contributed by atoms with Crippen LogP contribution in [0.25, 0.3) is 17.4 Å². The first-order chi connectivity index (χ1) is 12.3. The third kappa shape index (κ3) is 4.71. The molecule has 0 spiro atoms. The van der Waals surface area contributed by atoms with Crippen LogP contribution in [0.5, 0.6) is 0 Å². The van der Waals surface area contributed by atoms with Gasteiger partial charge in [0.1, 0.15) is 28.2 Å². The molecule has 0 atom stereocenters. The number of carbonyl (C=O) groups excluding carboxylic acids is 1. The molecule has 0 aliphatic carbocycles. The zero-order valence-electron chi connectivity index (χ0n) is 14.1. The fourth-order valence-corrected chi connectivity index (χ4v) is 2.18. The number of esters is 1. The van der Waals surface area contributed by atoms with Gasteiger partial charge in [-0.05, 0) is 30.2 Å². The van der Waals surface area contributed by atoms with Crippen LogP contribution < -0.4 is 0 Å². The van der Waals surface area contributed by atoms with E-state index in [1.165, 1.54) is 18.2 Å². The van der Waals surface area contributed by atoms with Gasteiger partial charge in [0.2, 0.25) is 0 Å². The standard InChI is InChI=1S/C18H15ClN2O5/c1-11(2)10-25-18(22)13(9-20)7-14-4-6-17(26-14)12-3-5-15(19)16(8-12)21(23)24/h3-8,11H,10H2,1-2H3/b13-7+. The Kier molecular flexibility index (Phi) is 6.15. The van der Waals surface area contributed by atoms with E-state index in [4.69, 9.17) is 26.0 Å². The molecule has 0 bridgehead atoms. The van der Waals surface area contributed by atoms with Crippen molar-refractivity contribution in [1.29, 1.82) is 5.26 Å². The van der Waals surface area contributed by atoms with Crippen molar-refractivity contribution in [3.05, 3.63) is 56.8 Å². The summed E-state index contributed by atoms with van der Waals surface area (Å²) in [7, 11) is 0. The summed E-state index contributed by atoms with van der Waals surface area (Å²) in [5.41, 5.74) is 0.00270. The number of carbonyl (C=O) groups is 1. The minimum atomic E-state index is -0.735. The highest BCUT2D eigenvalue weighted by atomic mass is 35.5. The molecule has 0 amide bonds. The number of hydrogen-bond acceptors (Lipinski definition) is 6. The molecule has 0 aliphatic rings. The van der Waals surface area contributed by atoms with E-state index >= 15 is 0 Å². The van der Waals surface area contributed by atoms with Crippen molar-refractivity contribution in [2.24, 2.45) is 5.92 Å². The second-order valence-corrected chi connectivity index (χ2v) is 6.19. The molecule has 0 N–H and O–H groups in total. The molecule has 0 unspecified atom stereocenters. The first-order valence-electron chi connectivity index (χ1n) is 7.65. The van der Waals surface area contributed by atoms with Crippen molar-refractivity contribution in [1.82, 2.24) is 0 Å². The third-order valence-electron chi connectivity index (χ3n) is 3.23. The minimum absolute atomic E-state index is 0.0186. The Balaban J connectivity index is 2.26. The number of halogens is 1. The number of benzene rings is 1. The van der Waals surface area contributed by atoms with E-state index in [-0.39, 0.29) is 34.6 Å². The summed E-state index contributed by atoms with van der Waals surface area (Å²) in [5, 5.41) is 20.1. The van der Waals surface area contributed by atoms with Gasteiger partial charge >= 0.3 is 5.97 Å². The zero-order chi connectivity index (χ0) is 19.3. The maximum atomic E-state index is 11.9. The number of nitro benzene ring substituents is 1. The lowest BCUT2D eigenvalue weighted by molar-refractivity contribution is -0.384. The average Bonchev–Trinajstić information content (AvgIpc) is 3.06. The van der Waals surface area contributed by atoms with Gasteiger partial charge in [0.25, 0.3) is 5.69 Å². The van der Waals surface area contributed by atoms with Crippen molar-refractivity contribution < 1.29 is 18.9 Å². The number of hydrogen-bond donors (Lipinski definition) is 0. The van der Waals surface area contributed by atoms with Crippen molar-refractivity contribution in [2.75, 3.05) is 6.61 Å². The van der Waals surface area contributed by atoms with E-state index in [1.807, 2.05) is 13.8 Å². The number of nitro groups is 1. The van der Waals surface area contributed by atoms with Crippen LogP contribution in [-0.4, -0.2) is 17.5 Å². The van der Waals surface area contributed by atoms with Crippen LogP contribution in [0.3, 0.4) is 0 Å². The summed E-state index contributed by atoms with van der Waals surface area (Å²) in [6, 6.07) is 9.16. The monoisotopic (exact) mass is 374 g/mol. The van der Waals surface area contributed by atoms with E-state index < -0.39 is 10.9 Å². The molecular weight excluding hydrogens is 360 g/mol. The summed E-state index contributed by atoms with van der Waals surface area (Å²) in [6.07, 6.45) is 1.26. The molecule has 1 aromatic heterocycles. The Morgan fingerprint density at radius 3 is 2.77 bits per heavy atom. The molecule has 26 heavy (non-hydrogen) atoms. The topological polar surface area (TPSA) is 106 Å². The summed E-state index contributed by atoms with van der Waals surface area (Å²) >= 11 is 5.79. The van der Waals surface area contributed by atoms with Gasteiger partial charge in [-0.15, -0.1) is 0 Å². The summed E-state index contributed by atoms with van der Waals surface area (Å²) in [4.78, 5) is 22.3. The molecule has 0 fully saturated rings. The Morgan fingerprint density at radius 2 is 2.15 bits per heavy atom. The largest absolute Gasteiger partial charge is 0.461 e. The van der Waals surface area contributed by atoms with E-state index in [0.29, 0.717) is 11.3 Å². The van der Waals surface area contributed by atoms with Crippen LogP contribution in [0.4, 0.5) is 5.69 Å². The molecule has 8 heteroatoms. The van der Waals surface area contributed by atoms with Crippen LogP contribution in [0.15, 0.2) is 40.3 Å². The molecule has 0 aliphatic heterocycles. The second kappa shape index (κ2) is 8.32. The molecular formula is C18H15ClN2O5. The first-order valence-corrected chi connectivity index (χ1v) is 8.02. The predicted octanol–water partition coefficient (Wildman–Crippen LogP) is 4.61. The second-order valence-electron chi connectivity index (χ2n) is 5.79. The highest BCUT2D eigenvalue weighted by molar-refractivity contribution is 6.32. The van der Waals surface area contributed by atoms with Gasteiger partial charge in [-0.1, -0.05) is 25.4 Å². The predicted molar refractivity (Wildman–Crippen MR) is 95.2 cm³/mol. The van der Waals surface area contributed by atoms with E-state index in [2.05, 4.69) is 0 Å². The summed E-state index contributed by atoms with van der Waals surface area (Å²) < 4.78 is 10.6. The van der Waals surface area contributed by atoms with Crippen LogP contribution in [0, 0.1) is 27.4 Å². The minimum Gasteiger partial charge on any atom is -0.461 e. The Hall–Kier alpha value is -3.11. The normalized spacial score (nSPS) is 11.3. The number of ether oxygens (including phenoxy) is 1. The van der Waals surface area contributed by atoms with Gasteiger partial charge in [-0.25, -0.2) is 4.79 Å².